The van der Waals surface area contributed by atoms with E-state index in [2.05, 4.69) is 42.3 Å². The number of aryl methyl sites for hydroxylation is 2. The lowest BCUT2D eigenvalue weighted by Crippen LogP contribution is -3.11. The third kappa shape index (κ3) is 6.08. The van der Waals surface area contributed by atoms with E-state index in [1.807, 2.05) is 12.1 Å². The van der Waals surface area contributed by atoms with Crippen molar-refractivity contribution in [2.45, 2.75) is 52.5 Å². The molecule has 0 spiro atoms. The first-order valence-corrected chi connectivity index (χ1v) is 11.0. The number of quaternary nitrogens is 1. The molecule has 0 saturated carbocycles. The summed E-state index contributed by atoms with van der Waals surface area (Å²) in [4.78, 5) is 4.00. The van der Waals surface area contributed by atoms with E-state index in [0.717, 1.165) is 29.5 Å². The van der Waals surface area contributed by atoms with Crippen molar-refractivity contribution in [1.29, 1.82) is 0 Å². The zero-order valence-corrected chi connectivity index (χ0v) is 18.1. The summed E-state index contributed by atoms with van der Waals surface area (Å²) in [7, 11) is 0. The van der Waals surface area contributed by atoms with Gasteiger partial charge < -0.3 is 19.5 Å². The van der Waals surface area contributed by atoms with Gasteiger partial charge in [-0.05, 0) is 75.0 Å². The molecule has 2 N–H and O–H groups in total. The first kappa shape index (κ1) is 20.9. The predicted molar refractivity (Wildman–Crippen MR) is 120 cm³/mol. The molecular formula is C23H34N3OS+. The molecule has 4 nitrogen and oxygen atoms in total. The number of anilines is 1. The second kappa shape index (κ2) is 10.6. The van der Waals surface area contributed by atoms with Crippen molar-refractivity contribution < 1.29 is 9.32 Å². The normalized spacial score (nSPS) is 15.2. The smallest absolute Gasteiger partial charge is 0.173 e. The SMILES string of the molecule is Cc1cccc(C)c1NC(=S)N(CCC[NH+]1CCCCCC1)Cc1ccco1. The Kier molecular flexibility index (Phi) is 7.92. The van der Waals surface area contributed by atoms with Gasteiger partial charge in [-0.25, -0.2) is 0 Å². The summed E-state index contributed by atoms with van der Waals surface area (Å²) >= 11 is 5.81. The number of para-hydroxylation sites is 1. The number of thiocarbonyl (C=S) groups is 1. The van der Waals surface area contributed by atoms with Gasteiger partial charge in [0.05, 0.1) is 32.4 Å². The van der Waals surface area contributed by atoms with Crippen molar-refractivity contribution in [1.82, 2.24) is 4.90 Å². The Balaban J connectivity index is 1.61. The number of likely N-dealkylation sites (tertiary alicyclic amines) is 1. The van der Waals surface area contributed by atoms with Gasteiger partial charge in [-0.2, -0.15) is 0 Å². The summed E-state index contributed by atoms with van der Waals surface area (Å²) in [6.07, 6.45) is 8.42. The highest BCUT2D eigenvalue weighted by Gasteiger charge is 2.16. The van der Waals surface area contributed by atoms with Crippen molar-refractivity contribution in [2.24, 2.45) is 0 Å². The zero-order chi connectivity index (χ0) is 19.8. The summed E-state index contributed by atoms with van der Waals surface area (Å²) in [5.74, 6) is 0.952. The van der Waals surface area contributed by atoms with Gasteiger partial charge >= 0.3 is 0 Å². The quantitative estimate of drug-likeness (QED) is 0.690. The van der Waals surface area contributed by atoms with Crippen LogP contribution in [0.3, 0.4) is 0 Å². The summed E-state index contributed by atoms with van der Waals surface area (Å²) in [5, 5.41) is 4.28. The third-order valence-corrected chi connectivity index (χ3v) is 6.06. The van der Waals surface area contributed by atoms with E-state index in [4.69, 9.17) is 16.6 Å². The molecular weight excluding hydrogens is 366 g/mol. The molecule has 152 valence electrons. The van der Waals surface area contributed by atoms with E-state index < -0.39 is 0 Å². The van der Waals surface area contributed by atoms with Gasteiger partial charge in [0, 0.05) is 18.7 Å². The monoisotopic (exact) mass is 400 g/mol. The van der Waals surface area contributed by atoms with Crippen LogP contribution in [0.25, 0.3) is 0 Å². The topological polar surface area (TPSA) is 32.9 Å². The maximum absolute atomic E-state index is 5.81. The number of nitrogens with zero attached hydrogens (tertiary/aromatic N) is 1. The number of rotatable bonds is 7. The van der Waals surface area contributed by atoms with Gasteiger partial charge in [0.2, 0.25) is 0 Å². The van der Waals surface area contributed by atoms with E-state index in [9.17, 15) is 0 Å². The summed E-state index contributed by atoms with van der Waals surface area (Å²) < 4.78 is 5.59. The molecule has 0 unspecified atom stereocenters. The Morgan fingerprint density at radius 3 is 2.43 bits per heavy atom. The van der Waals surface area contributed by atoms with E-state index in [1.165, 1.54) is 56.4 Å². The number of furan rings is 1. The molecule has 3 rings (SSSR count). The van der Waals surface area contributed by atoms with Crippen LogP contribution < -0.4 is 10.2 Å². The van der Waals surface area contributed by atoms with Gasteiger partial charge in [-0.15, -0.1) is 0 Å². The fraction of sp³-hybridized carbons (Fsp3) is 0.522. The average Bonchev–Trinajstić information content (AvgIpc) is 3.05. The zero-order valence-electron chi connectivity index (χ0n) is 17.3. The maximum atomic E-state index is 5.81. The molecule has 0 atom stereocenters. The molecule has 2 aromatic rings. The van der Waals surface area contributed by atoms with Gasteiger partial charge in [-0.1, -0.05) is 18.2 Å². The van der Waals surface area contributed by atoms with Gasteiger partial charge in [0.15, 0.2) is 5.11 Å². The van der Waals surface area contributed by atoms with E-state index >= 15 is 0 Å². The molecule has 1 aliphatic rings. The number of nitrogens with one attached hydrogen (secondary N) is 2. The largest absolute Gasteiger partial charge is 0.467 e. The molecule has 1 aromatic heterocycles. The molecule has 1 aliphatic heterocycles. The molecule has 0 aliphatic carbocycles. The highest BCUT2D eigenvalue weighted by Crippen LogP contribution is 2.20. The van der Waals surface area contributed by atoms with E-state index in [1.54, 1.807) is 11.2 Å². The Labute approximate surface area is 174 Å². The molecule has 2 heterocycles. The van der Waals surface area contributed by atoms with Gasteiger partial charge in [0.1, 0.15) is 5.76 Å². The minimum atomic E-state index is 0.707. The molecule has 1 saturated heterocycles. The average molecular weight is 401 g/mol. The Morgan fingerprint density at radius 1 is 1.07 bits per heavy atom. The van der Waals surface area contributed by atoms with Gasteiger partial charge in [0.25, 0.3) is 0 Å². The molecule has 5 heteroatoms. The standard InChI is InChI=1S/C23H33N3OS/c1-19-10-7-11-20(2)22(19)24-23(28)26(18-21-12-8-17-27-21)16-9-15-25-13-5-3-4-6-14-25/h7-8,10-12,17H,3-6,9,13-16,18H2,1-2H3,(H,24,28)/p+1. The summed E-state index contributed by atoms with van der Waals surface area (Å²) in [6.45, 7) is 9.77. The first-order valence-electron chi connectivity index (χ1n) is 10.6. The second-order valence-corrected chi connectivity index (χ2v) is 8.35. The molecule has 0 radical (unpaired) electrons. The van der Waals surface area contributed by atoms with Crippen LogP contribution in [-0.2, 0) is 6.54 Å². The highest BCUT2D eigenvalue weighted by atomic mass is 32.1. The van der Waals surface area contributed by atoms with Crippen LogP contribution >= 0.6 is 12.2 Å². The minimum Gasteiger partial charge on any atom is -0.467 e. The summed E-state index contributed by atoms with van der Waals surface area (Å²) in [6, 6.07) is 10.3. The van der Waals surface area contributed by atoms with Crippen LogP contribution in [0.1, 0.15) is 49.0 Å². The molecule has 1 fully saturated rings. The third-order valence-electron chi connectivity index (χ3n) is 5.70. The van der Waals surface area contributed by atoms with Crippen molar-refractivity contribution in [3.05, 3.63) is 53.5 Å². The van der Waals surface area contributed by atoms with Crippen LogP contribution in [-0.4, -0.2) is 36.2 Å². The Bertz CT molecular complexity index is 716. The predicted octanol–water partition coefficient (Wildman–Crippen LogP) is 3.94. The number of hydrogen-bond donors (Lipinski definition) is 2. The lowest BCUT2D eigenvalue weighted by molar-refractivity contribution is -0.899. The first-order chi connectivity index (χ1) is 13.6. The molecule has 0 amide bonds. The molecule has 0 bridgehead atoms. The minimum absolute atomic E-state index is 0.707. The Hall–Kier alpha value is -1.85. The fourth-order valence-corrected chi connectivity index (χ4v) is 4.30. The van der Waals surface area contributed by atoms with Crippen LogP contribution in [0.5, 0.6) is 0 Å². The lowest BCUT2D eigenvalue weighted by Gasteiger charge is -2.27. The van der Waals surface area contributed by atoms with Crippen LogP contribution in [0.15, 0.2) is 41.0 Å². The van der Waals surface area contributed by atoms with Crippen molar-refractivity contribution in [2.75, 3.05) is 31.5 Å². The number of benzene rings is 1. The van der Waals surface area contributed by atoms with Crippen LogP contribution in [0.4, 0.5) is 5.69 Å². The van der Waals surface area contributed by atoms with Gasteiger partial charge in [-0.3, -0.25) is 0 Å². The van der Waals surface area contributed by atoms with Crippen LogP contribution in [0.2, 0.25) is 0 Å². The van der Waals surface area contributed by atoms with Crippen LogP contribution in [0, 0.1) is 13.8 Å². The fourth-order valence-electron chi connectivity index (χ4n) is 4.04. The van der Waals surface area contributed by atoms with Crippen molar-refractivity contribution in [3.63, 3.8) is 0 Å². The molecule has 28 heavy (non-hydrogen) atoms. The molecule has 1 aromatic carbocycles. The van der Waals surface area contributed by atoms with Crippen molar-refractivity contribution >= 4 is 23.0 Å². The van der Waals surface area contributed by atoms with E-state index in [-0.39, 0.29) is 0 Å². The second-order valence-electron chi connectivity index (χ2n) is 7.97. The Morgan fingerprint density at radius 2 is 1.79 bits per heavy atom. The summed E-state index contributed by atoms with van der Waals surface area (Å²) in [5.41, 5.74) is 3.55. The van der Waals surface area contributed by atoms with Crippen molar-refractivity contribution in [3.8, 4) is 0 Å². The number of hydrogen-bond acceptors (Lipinski definition) is 2. The lowest BCUT2D eigenvalue weighted by atomic mass is 10.1. The maximum Gasteiger partial charge on any atom is 0.173 e. The van der Waals surface area contributed by atoms with E-state index in [0.29, 0.717) is 6.54 Å². The highest BCUT2D eigenvalue weighted by molar-refractivity contribution is 7.80.